The Kier molecular flexibility index (Phi) is 9.41. The molecular weight excluding hydrogens is 370 g/mol. The molecule has 1 fully saturated rings. The molecule has 1 aromatic rings. The summed E-state index contributed by atoms with van der Waals surface area (Å²) >= 11 is 0. The van der Waals surface area contributed by atoms with Gasteiger partial charge in [0, 0.05) is 31.2 Å². The summed E-state index contributed by atoms with van der Waals surface area (Å²) in [6.07, 6.45) is 2.33. The number of alkyl carbamates (subject to hydrolysis) is 1. The van der Waals surface area contributed by atoms with Gasteiger partial charge in [0.1, 0.15) is 13.2 Å². The van der Waals surface area contributed by atoms with Crippen LogP contribution in [0.2, 0.25) is 0 Å². The zero-order valence-electron chi connectivity index (χ0n) is 18.0. The molecule has 0 radical (unpaired) electrons. The predicted octanol–water partition coefficient (Wildman–Crippen LogP) is 2.55. The standard InChI is InChI=1S/C22H35N3O4/c1-16(2)25(3)19-10-11-20(18(12-19)15-28-4)24-21(26)13-23-22(27)29-14-17-8-6-5-7-9-17/h5-9,16,18-20H,10-15H2,1-4H3,(H,23,27)(H,24,26)/t18-,19-,20+/m1/s1. The van der Waals surface area contributed by atoms with Crippen molar-refractivity contribution in [2.24, 2.45) is 5.92 Å². The van der Waals surface area contributed by atoms with Crippen LogP contribution in [0.15, 0.2) is 30.3 Å². The lowest BCUT2D eigenvalue weighted by atomic mass is 9.81. The van der Waals surface area contributed by atoms with Crippen LogP contribution in [0.5, 0.6) is 0 Å². The van der Waals surface area contributed by atoms with Crippen LogP contribution in [0.25, 0.3) is 0 Å². The highest BCUT2D eigenvalue weighted by molar-refractivity contribution is 5.82. The highest BCUT2D eigenvalue weighted by atomic mass is 16.5. The molecule has 7 heteroatoms. The van der Waals surface area contributed by atoms with Crippen molar-refractivity contribution in [1.82, 2.24) is 15.5 Å². The summed E-state index contributed by atoms with van der Waals surface area (Å²) in [4.78, 5) is 26.5. The van der Waals surface area contributed by atoms with Crippen LogP contribution in [0.4, 0.5) is 4.79 Å². The Morgan fingerprint density at radius 1 is 1.21 bits per heavy atom. The Bertz CT molecular complexity index is 638. The minimum atomic E-state index is -0.597. The summed E-state index contributed by atoms with van der Waals surface area (Å²) < 4.78 is 10.5. The SMILES string of the molecule is COC[C@H]1C[C@H](N(C)C(C)C)CC[C@@H]1NC(=O)CNC(=O)OCc1ccccc1. The molecule has 0 heterocycles. The number of amides is 2. The predicted molar refractivity (Wildman–Crippen MR) is 112 cm³/mol. The normalized spacial score (nSPS) is 21.8. The average Bonchev–Trinajstić information content (AvgIpc) is 2.72. The van der Waals surface area contributed by atoms with Gasteiger partial charge in [-0.15, -0.1) is 0 Å². The number of nitrogens with zero attached hydrogens (tertiary/aromatic N) is 1. The molecule has 2 N–H and O–H groups in total. The Morgan fingerprint density at radius 3 is 2.59 bits per heavy atom. The van der Waals surface area contributed by atoms with Gasteiger partial charge in [-0.2, -0.15) is 0 Å². The monoisotopic (exact) mass is 405 g/mol. The van der Waals surface area contributed by atoms with E-state index in [9.17, 15) is 9.59 Å². The number of hydrogen-bond acceptors (Lipinski definition) is 5. The molecule has 0 unspecified atom stereocenters. The first-order valence-electron chi connectivity index (χ1n) is 10.4. The first-order chi connectivity index (χ1) is 13.9. The number of rotatable bonds is 9. The summed E-state index contributed by atoms with van der Waals surface area (Å²) in [6, 6.07) is 10.5. The maximum absolute atomic E-state index is 12.3. The van der Waals surface area contributed by atoms with Gasteiger partial charge in [-0.3, -0.25) is 4.79 Å². The van der Waals surface area contributed by atoms with Crippen LogP contribution < -0.4 is 10.6 Å². The minimum absolute atomic E-state index is 0.0569. The van der Waals surface area contributed by atoms with Crippen molar-refractivity contribution < 1.29 is 19.1 Å². The van der Waals surface area contributed by atoms with Crippen LogP contribution in [-0.2, 0) is 20.9 Å². The van der Waals surface area contributed by atoms with Gasteiger partial charge in [-0.25, -0.2) is 4.79 Å². The third-order valence-electron chi connectivity index (χ3n) is 5.68. The van der Waals surface area contributed by atoms with Crippen LogP contribution in [-0.4, -0.2) is 62.3 Å². The number of methoxy groups -OCH3 is 1. The quantitative estimate of drug-likeness (QED) is 0.660. The number of nitrogens with one attached hydrogen (secondary N) is 2. The van der Waals surface area contributed by atoms with E-state index in [4.69, 9.17) is 9.47 Å². The van der Waals surface area contributed by atoms with E-state index >= 15 is 0 Å². The Balaban J connectivity index is 1.75. The lowest BCUT2D eigenvalue weighted by molar-refractivity contribution is -0.121. The highest BCUT2D eigenvalue weighted by Gasteiger charge is 2.33. The molecule has 1 saturated carbocycles. The smallest absolute Gasteiger partial charge is 0.407 e. The van der Waals surface area contributed by atoms with Crippen molar-refractivity contribution in [2.45, 2.75) is 57.8 Å². The molecule has 1 aliphatic rings. The van der Waals surface area contributed by atoms with E-state index in [1.807, 2.05) is 30.3 Å². The van der Waals surface area contributed by atoms with E-state index in [0.29, 0.717) is 18.7 Å². The van der Waals surface area contributed by atoms with Crippen LogP contribution in [0, 0.1) is 5.92 Å². The number of hydrogen-bond donors (Lipinski definition) is 2. The number of ether oxygens (including phenoxy) is 2. The largest absolute Gasteiger partial charge is 0.445 e. The second-order valence-electron chi connectivity index (χ2n) is 8.03. The van der Waals surface area contributed by atoms with E-state index in [1.54, 1.807) is 7.11 Å². The van der Waals surface area contributed by atoms with Crippen molar-refractivity contribution in [3.8, 4) is 0 Å². The topological polar surface area (TPSA) is 79.9 Å². The fourth-order valence-corrected chi connectivity index (χ4v) is 3.80. The third kappa shape index (κ3) is 7.66. The van der Waals surface area contributed by atoms with Gasteiger partial charge in [0.15, 0.2) is 0 Å². The summed E-state index contributed by atoms with van der Waals surface area (Å²) in [5.41, 5.74) is 0.901. The second kappa shape index (κ2) is 11.8. The molecule has 1 aromatic carbocycles. The number of carbonyl (C=O) groups excluding carboxylic acids is 2. The van der Waals surface area contributed by atoms with E-state index in [0.717, 1.165) is 24.8 Å². The van der Waals surface area contributed by atoms with E-state index in [2.05, 4.69) is 36.4 Å². The van der Waals surface area contributed by atoms with Gasteiger partial charge in [0.05, 0.1) is 6.61 Å². The summed E-state index contributed by atoms with van der Waals surface area (Å²) in [6.45, 7) is 5.08. The van der Waals surface area contributed by atoms with Gasteiger partial charge >= 0.3 is 6.09 Å². The van der Waals surface area contributed by atoms with Gasteiger partial charge in [0.2, 0.25) is 5.91 Å². The third-order valence-corrected chi connectivity index (χ3v) is 5.68. The molecule has 2 amide bonds. The number of benzene rings is 1. The minimum Gasteiger partial charge on any atom is -0.445 e. The van der Waals surface area contributed by atoms with Crippen molar-refractivity contribution in [1.29, 1.82) is 0 Å². The molecule has 0 aliphatic heterocycles. The van der Waals surface area contributed by atoms with Crippen LogP contribution in [0.1, 0.15) is 38.7 Å². The summed E-state index contributed by atoms with van der Waals surface area (Å²) in [7, 11) is 3.85. The first-order valence-corrected chi connectivity index (χ1v) is 10.4. The lowest BCUT2D eigenvalue weighted by Crippen LogP contribution is -2.52. The van der Waals surface area contributed by atoms with Gasteiger partial charge in [-0.05, 0) is 45.7 Å². The van der Waals surface area contributed by atoms with Crippen LogP contribution in [0.3, 0.4) is 0 Å². The maximum atomic E-state index is 12.3. The first kappa shape index (κ1) is 23.2. The molecule has 0 bridgehead atoms. The van der Waals surface area contributed by atoms with Crippen molar-refractivity contribution in [3.63, 3.8) is 0 Å². The molecular formula is C22H35N3O4. The molecule has 1 aliphatic carbocycles. The van der Waals surface area contributed by atoms with Crippen molar-refractivity contribution in [3.05, 3.63) is 35.9 Å². The molecule has 29 heavy (non-hydrogen) atoms. The zero-order valence-corrected chi connectivity index (χ0v) is 18.0. The van der Waals surface area contributed by atoms with E-state index in [-0.39, 0.29) is 31.0 Å². The molecule has 162 valence electrons. The highest BCUT2D eigenvalue weighted by Crippen LogP contribution is 2.29. The fourth-order valence-electron chi connectivity index (χ4n) is 3.80. The summed E-state index contributed by atoms with van der Waals surface area (Å²) in [5, 5.41) is 5.58. The summed E-state index contributed by atoms with van der Waals surface area (Å²) in [5.74, 6) is 0.0531. The molecule has 0 aromatic heterocycles. The second-order valence-corrected chi connectivity index (χ2v) is 8.03. The Hall–Kier alpha value is -2.12. The molecule has 2 rings (SSSR count). The zero-order chi connectivity index (χ0) is 21.2. The van der Waals surface area contributed by atoms with E-state index < -0.39 is 6.09 Å². The van der Waals surface area contributed by atoms with Crippen molar-refractivity contribution in [2.75, 3.05) is 27.3 Å². The Labute approximate surface area is 174 Å². The van der Waals surface area contributed by atoms with Crippen molar-refractivity contribution >= 4 is 12.0 Å². The molecule has 7 nitrogen and oxygen atoms in total. The molecule has 0 spiro atoms. The van der Waals surface area contributed by atoms with Gasteiger partial charge in [-0.1, -0.05) is 30.3 Å². The van der Waals surface area contributed by atoms with Crippen LogP contribution >= 0.6 is 0 Å². The molecule has 3 atom stereocenters. The molecule has 0 saturated heterocycles. The number of carbonyl (C=O) groups is 2. The van der Waals surface area contributed by atoms with Gasteiger partial charge < -0.3 is 25.0 Å². The lowest BCUT2D eigenvalue weighted by Gasteiger charge is -2.41. The fraction of sp³-hybridized carbons (Fsp3) is 0.636. The van der Waals surface area contributed by atoms with Gasteiger partial charge in [0.25, 0.3) is 0 Å². The van der Waals surface area contributed by atoms with E-state index in [1.165, 1.54) is 0 Å². The Morgan fingerprint density at radius 2 is 1.93 bits per heavy atom. The maximum Gasteiger partial charge on any atom is 0.407 e. The average molecular weight is 406 g/mol.